The van der Waals surface area contributed by atoms with Crippen LogP contribution in [0.25, 0.3) is 17.0 Å². The lowest BCUT2D eigenvalue weighted by molar-refractivity contribution is 0.0514. The summed E-state index contributed by atoms with van der Waals surface area (Å²) in [5, 5.41) is 1.12. The zero-order chi connectivity index (χ0) is 19.9. The molecule has 0 unspecified atom stereocenters. The van der Waals surface area contributed by atoms with Crippen LogP contribution in [0.15, 0.2) is 42.6 Å². The minimum atomic E-state index is -0.120. The molecule has 4 heteroatoms. The second-order valence-electron chi connectivity index (χ2n) is 8.43. The highest BCUT2D eigenvalue weighted by atomic mass is 16.6. The first-order valence-corrected chi connectivity index (χ1v) is 11.3. The largest absolute Gasteiger partial charge is 0.445 e. The van der Waals surface area contributed by atoms with Gasteiger partial charge in [-0.15, -0.1) is 0 Å². The van der Waals surface area contributed by atoms with Crippen LogP contribution in [0, 0.1) is 0 Å². The summed E-state index contributed by atoms with van der Waals surface area (Å²) in [6, 6.07) is 10.9. The predicted molar refractivity (Wildman–Crippen MR) is 118 cm³/mol. The van der Waals surface area contributed by atoms with Crippen molar-refractivity contribution in [1.29, 1.82) is 0 Å². The van der Waals surface area contributed by atoms with E-state index in [4.69, 9.17) is 4.74 Å². The fourth-order valence-corrected chi connectivity index (χ4v) is 4.87. The van der Waals surface area contributed by atoms with Crippen LogP contribution >= 0.6 is 0 Å². The molecule has 0 aliphatic heterocycles. The van der Waals surface area contributed by atoms with Crippen molar-refractivity contribution in [2.24, 2.45) is 0 Å². The van der Waals surface area contributed by atoms with E-state index in [1.807, 2.05) is 36.5 Å². The molecular weight excluding hydrogens is 360 g/mol. The third-order valence-electron chi connectivity index (χ3n) is 6.37. The number of hydrogen-bond donors (Lipinski definition) is 0. The van der Waals surface area contributed by atoms with Crippen LogP contribution < -0.4 is 0 Å². The van der Waals surface area contributed by atoms with E-state index in [0.717, 1.165) is 42.1 Å². The smallest absolute Gasteiger partial charge is 0.410 e. The van der Waals surface area contributed by atoms with Gasteiger partial charge in [0.05, 0.1) is 5.52 Å². The Balaban J connectivity index is 1.36. The third kappa shape index (κ3) is 5.17. The number of ether oxygens (including phenoxy) is 1. The van der Waals surface area contributed by atoms with Crippen molar-refractivity contribution in [3.05, 3.63) is 48.2 Å². The Hall–Kier alpha value is -2.36. The monoisotopic (exact) mass is 392 g/mol. The van der Waals surface area contributed by atoms with Crippen molar-refractivity contribution in [2.75, 3.05) is 6.61 Å². The molecule has 0 radical (unpaired) electrons. The van der Waals surface area contributed by atoms with Gasteiger partial charge in [-0.3, -0.25) is 4.98 Å². The molecule has 2 fully saturated rings. The van der Waals surface area contributed by atoms with Crippen molar-refractivity contribution >= 4 is 23.1 Å². The van der Waals surface area contributed by atoms with E-state index >= 15 is 0 Å². The van der Waals surface area contributed by atoms with E-state index in [9.17, 15) is 4.79 Å². The van der Waals surface area contributed by atoms with Gasteiger partial charge in [0.15, 0.2) is 0 Å². The van der Waals surface area contributed by atoms with E-state index in [1.165, 1.54) is 38.5 Å². The number of amides is 1. The molecule has 154 valence electrons. The summed E-state index contributed by atoms with van der Waals surface area (Å²) in [5.74, 6) is 0. The summed E-state index contributed by atoms with van der Waals surface area (Å²) in [5.41, 5.74) is 2.02. The fraction of sp³-hybridized carbons (Fsp3) is 0.520. The Morgan fingerprint density at radius 1 is 1.00 bits per heavy atom. The van der Waals surface area contributed by atoms with E-state index < -0.39 is 0 Å². The van der Waals surface area contributed by atoms with Crippen LogP contribution in [0.1, 0.15) is 69.8 Å². The molecule has 4 nitrogen and oxygen atoms in total. The first kappa shape index (κ1) is 19.9. The summed E-state index contributed by atoms with van der Waals surface area (Å²) in [6.45, 7) is 0.307. The predicted octanol–water partition coefficient (Wildman–Crippen LogP) is 6.35. The molecule has 2 aliphatic rings. The van der Waals surface area contributed by atoms with Gasteiger partial charge in [0.25, 0.3) is 0 Å². The number of benzene rings is 1. The normalized spacial score (nSPS) is 18.9. The second kappa shape index (κ2) is 9.91. The Morgan fingerprint density at radius 3 is 2.34 bits per heavy atom. The number of fused-ring (bicyclic) bond motifs is 1. The van der Waals surface area contributed by atoms with Gasteiger partial charge in [-0.05, 0) is 49.5 Å². The molecule has 29 heavy (non-hydrogen) atoms. The van der Waals surface area contributed by atoms with Crippen LogP contribution in [0.3, 0.4) is 0 Å². The molecule has 0 bridgehead atoms. The maximum Gasteiger partial charge on any atom is 0.410 e. The summed E-state index contributed by atoms with van der Waals surface area (Å²) in [7, 11) is 0. The van der Waals surface area contributed by atoms with Gasteiger partial charge in [0, 0.05) is 23.7 Å². The quantitative estimate of drug-likeness (QED) is 0.595. The van der Waals surface area contributed by atoms with Crippen LogP contribution in [-0.4, -0.2) is 34.7 Å². The van der Waals surface area contributed by atoms with E-state index in [2.05, 4.69) is 22.0 Å². The van der Waals surface area contributed by atoms with Gasteiger partial charge < -0.3 is 9.64 Å². The summed E-state index contributed by atoms with van der Waals surface area (Å²) < 4.78 is 5.70. The number of aromatic nitrogens is 1. The lowest BCUT2D eigenvalue weighted by Crippen LogP contribution is -2.49. The lowest BCUT2D eigenvalue weighted by Gasteiger charge is -2.40. The second-order valence-corrected chi connectivity index (χ2v) is 8.43. The number of rotatable bonds is 5. The van der Waals surface area contributed by atoms with E-state index in [0.29, 0.717) is 18.7 Å². The summed E-state index contributed by atoms with van der Waals surface area (Å²) >= 11 is 0. The van der Waals surface area contributed by atoms with Gasteiger partial charge >= 0.3 is 6.09 Å². The molecule has 1 heterocycles. The maximum absolute atomic E-state index is 13.0. The van der Waals surface area contributed by atoms with Crippen molar-refractivity contribution in [1.82, 2.24) is 9.88 Å². The average Bonchev–Trinajstić information content (AvgIpc) is 2.78. The SMILES string of the molecule is O=C(OC/C=C/c1cnc2ccccc2c1)N(C1CCCCC1)C1CCCCC1. The number of nitrogens with zero attached hydrogens (tertiary/aromatic N) is 2. The standard InChI is InChI=1S/C25H32N2O2/c28-25(27(22-12-3-1-4-13-22)23-14-5-2-6-15-23)29-17-9-10-20-18-21-11-7-8-16-24(21)26-19-20/h7-11,16,18-19,22-23H,1-6,12-15,17H2/b10-9+. The fourth-order valence-electron chi connectivity index (χ4n) is 4.87. The molecule has 1 aromatic carbocycles. The highest BCUT2D eigenvalue weighted by Gasteiger charge is 2.33. The molecule has 0 N–H and O–H groups in total. The molecular formula is C25H32N2O2. The van der Waals surface area contributed by atoms with E-state index in [1.54, 1.807) is 0 Å². The van der Waals surface area contributed by atoms with Crippen molar-refractivity contribution in [2.45, 2.75) is 76.3 Å². The number of pyridine rings is 1. The number of para-hydroxylation sites is 1. The average molecular weight is 393 g/mol. The number of carbonyl (C=O) groups excluding carboxylic acids is 1. The molecule has 0 spiro atoms. The van der Waals surface area contributed by atoms with Gasteiger partial charge in [-0.1, -0.05) is 62.8 Å². The molecule has 2 aliphatic carbocycles. The summed E-state index contributed by atoms with van der Waals surface area (Å²) in [4.78, 5) is 19.6. The Bertz CT molecular complexity index is 818. The Morgan fingerprint density at radius 2 is 1.66 bits per heavy atom. The van der Waals surface area contributed by atoms with E-state index in [-0.39, 0.29) is 6.09 Å². The third-order valence-corrected chi connectivity index (χ3v) is 6.37. The molecule has 4 rings (SSSR count). The number of hydrogen-bond acceptors (Lipinski definition) is 3. The maximum atomic E-state index is 13.0. The highest BCUT2D eigenvalue weighted by molar-refractivity contribution is 5.80. The zero-order valence-corrected chi connectivity index (χ0v) is 17.3. The minimum Gasteiger partial charge on any atom is -0.445 e. The van der Waals surface area contributed by atoms with Crippen molar-refractivity contribution < 1.29 is 9.53 Å². The van der Waals surface area contributed by atoms with Crippen molar-refractivity contribution in [3.8, 4) is 0 Å². The van der Waals surface area contributed by atoms with Gasteiger partial charge in [0.1, 0.15) is 6.61 Å². The molecule has 2 saturated carbocycles. The van der Waals surface area contributed by atoms with Gasteiger partial charge in [0.2, 0.25) is 0 Å². The number of carbonyl (C=O) groups is 1. The lowest BCUT2D eigenvalue weighted by atomic mass is 9.89. The molecule has 0 saturated heterocycles. The Labute approximate surface area is 174 Å². The van der Waals surface area contributed by atoms with Crippen LogP contribution in [-0.2, 0) is 4.74 Å². The molecule has 1 aromatic heterocycles. The van der Waals surface area contributed by atoms with Crippen molar-refractivity contribution in [3.63, 3.8) is 0 Å². The van der Waals surface area contributed by atoms with Crippen LogP contribution in [0.5, 0.6) is 0 Å². The highest BCUT2D eigenvalue weighted by Crippen LogP contribution is 2.30. The first-order valence-electron chi connectivity index (χ1n) is 11.3. The van der Waals surface area contributed by atoms with Gasteiger partial charge in [-0.2, -0.15) is 0 Å². The molecule has 2 aromatic rings. The van der Waals surface area contributed by atoms with Gasteiger partial charge in [-0.25, -0.2) is 4.79 Å². The van der Waals surface area contributed by atoms with Crippen LogP contribution in [0.2, 0.25) is 0 Å². The topological polar surface area (TPSA) is 42.4 Å². The molecule has 1 amide bonds. The molecule has 0 atom stereocenters. The minimum absolute atomic E-state index is 0.120. The Kier molecular flexibility index (Phi) is 6.81. The first-order chi connectivity index (χ1) is 14.3. The zero-order valence-electron chi connectivity index (χ0n) is 17.3. The van der Waals surface area contributed by atoms with Crippen LogP contribution in [0.4, 0.5) is 4.79 Å². The summed E-state index contributed by atoms with van der Waals surface area (Å²) in [6.07, 6.45) is 17.7.